The molecule has 1 aromatic carbocycles. The van der Waals surface area contributed by atoms with Gasteiger partial charge in [0.2, 0.25) is 0 Å². The Hall–Kier alpha value is -1.88. The largest absolute Gasteiger partial charge is 0.444 e. The third-order valence-corrected chi connectivity index (χ3v) is 4.57. The van der Waals surface area contributed by atoms with Crippen molar-refractivity contribution >= 4 is 12.3 Å². The molecular formula is C22H34N2O3. The summed E-state index contributed by atoms with van der Waals surface area (Å²) in [6, 6.07) is 10.6. The molecule has 1 saturated carbocycles. The molecule has 1 aromatic rings. The average Bonchev–Trinajstić information content (AvgIpc) is 2.64. The molecule has 0 heterocycles. The highest BCUT2D eigenvalue weighted by Gasteiger charge is 2.21. The van der Waals surface area contributed by atoms with Crippen molar-refractivity contribution in [3.8, 4) is 0 Å². The predicted molar refractivity (Wildman–Crippen MR) is 110 cm³/mol. The minimum absolute atomic E-state index is 0.278. The lowest BCUT2D eigenvalue weighted by molar-refractivity contribution is 0.0138. The minimum Gasteiger partial charge on any atom is -0.444 e. The fourth-order valence-corrected chi connectivity index (χ4v) is 3.07. The standard InChI is InChI=1S/C22H34N2O3/c1-22(2,3)27-21(25)24(4)15-8-16-26-20-13-11-19(12-14-20)23-17-18-9-6-5-7-10-18/h5-7,9-10,17,19-20H,8,11-16H2,1-4H3/b23-17+/t19-,20-. The zero-order valence-electron chi connectivity index (χ0n) is 17.2. The highest BCUT2D eigenvalue weighted by molar-refractivity contribution is 5.79. The molecule has 0 saturated heterocycles. The summed E-state index contributed by atoms with van der Waals surface area (Å²) in [6.45, 7) is 6.95. The Morgan fingerprint density at radius 2 is 1.85 bits per heavy atom. The van der Waals surface area contributed by atoms with E-state index in [1.807, 2.05) is 45.2 Å². The van der Waals surface area contributed by atoms with Gasteiger partial charge in [0.1, 0.15) is 5.60 Å². The quantitative estimate of drug-likeness (QED) is 0.514. The summed E-state index contributed by atoms with van der Waals surface area (Å²) >= 11 is 0. The van der Waals surface area contributed by atoms with E-state index in [4.69, 9.17) is 14.5 Å². The first-order valence-corrected chi connectivity index (χ1v) is 9.97. The Labute approximate surface area is 163 Å². The van der Waals surface area contributed by atoms with Crippen LogP contribution in [-0.4, -0.2) is 55.2 Å². The van der Waals surface area contributed by atoms with Crippen molar-refractivity contribution in [1.82, 2.24) is 4.90 Å². The van der Waals surface area contributed by atoms with E-state index < -0.39 is 5.60 Å². The van der Waals surface area contributed by atoms with Crippen molar-refractivity contribution in [2.75, 3.05) is 20.2 Å². The van der Waals surface area contributed by atoms with Crippen LogP contribution in [0.5, 0.6) is 0 Å². The number of nitrogens with zero attached hydrogens (tertiary/aromatic N) is 2. The van der Waals surface area contributed by atoms with Gasteiger partial charge in [-0.2, -0.15) is 0 Å². The van der Waals surface area contributed by atoms with Gasteiger partial charge in [0, 0.05) is 26.4 Å². The molecule has 0 atom stereocenters. The molecule has 0 radical (unpaired) electrons. The molecule has 1 aliphatic rings. The topological polar surface area (TPSA) is 51.1 Å². The molecule has 0 unspecified atom stereocenters. The summed E-state index contributed by atoms with van der Waals surface area (Å²) in [6.07, 6.45) is 7.11. The number of rotatable bonds is 7. The van der Waals surface area contributed by atoms with Crippen LogP contribution >= 0.6 is 0 Å². The Balaban J connectivity index is 1.58. The van der Waals surface area contributed by atoms with Gasteiger partial charge in [0.25, 0.3) is 0 Å². The van der Waals surface area contributed by atoms with Gasteiger partial charge in [-0.15, -0.1) is 0 Å². The Morgan fingerprint density at radius 3 is 2.48 bits per heavy atom. The summed E-state index contributed by atoms with van der Waals surface area (Å²) in [7, 11) is 1.77. The number of hydrogen-bond donors (Lipinski definition) is 0. The summed E-state index contributed by atoms with van der Waals surface area (Å²) in [5.74, 6) is 0. The van der Waals surface area contributed by atoms with Crippen molar-refractivity contribution in [3.05, 3.63) is 35.9 Å². The van der Waals surface area contributed by atoms with Gasteiger partial charge in [-0.3, -0.25) is 4.99 Å². The minimum atomic E-state index is -0.455. The summed E-state index contributed by atoms with van der Waals surface area (Å²) in [4.78, 5) is 18.2. The van der Waals surface area contributed by atoms with Crippen LogP contribution in [0.2, 0.25) is 0 Å². The lowest BCUT2D eigenvalue weighted by atomic mass is 9.93. The van der Waals surface area contributed by atoms with E-state index >= 15 is 0 Å². The van der Waals surface area contributed by atoms with Crippen molar-refractivity contribution in [2.45, 2.75) is 70.6 Å². The molecule has 150 valence electrons. The van der Waals surface area contributed by atoms with Gasteiger partial charge < -0.3 is 14.4 Å². The molecule has 0 spiro atoms. The van der Waals surface area contributed by atoms with Crippen LogP contribution in [0.25, 0.3) is 0 Å². The van der Waals surface area contributed by atoms with Crippen molar-refractivity contribution in [1.29, 1.82) is 0 Å². The molecule has 1 aliphatic carbocycles. The zero-order valence-corrected chi connectivity index (χ0v) is 17.2. The van der Waals surface area contributed by atoms with E-state index in [0.29, 0.717) is 25.3 Å². The highest BCUT2D eigenvalue weighted by Crippen LogP contribution is 2.23. The van der Waals surface area contributed by atoms with E-state index in [2.05, 4.69) is 12.1 Å². The summed E-state index contributed by atoms with van der Waals surface area (Å²) in [5.41, 5.74) is 0.703. The maximum Gasteiger partial charge on any atom is 0.410 e. The fraction of sp³-hybridized carbons (Fsp3) is 0.636. The molecule has 0 N–H and O–H groups in total. The van der Waals surface area contributed by atoms with Crippen LogP contribution in [0.15, 0.2) is 35.3 Å². The van der Waals surface area contributed by atoms with E-state index in [0.717, 1.165) is 37.7 Å². The first kappa shape index (κ1) is 21.4. The Bertz CT molecular complexity index is 587. The number of amides is 1. The van der Waals surface area contributed by atoms with Gasteiger partial charge in [-0.1, -0.05) is 30.3 Å². The van der Waals surface area contributed by atoms with Gasteiger partial charge in [-0.05, 0) is 58.4 Å². The number of aliphatic imine (C=N–C) groups is 1. The average molecular weight is 375 g/mol. The maximum absolute atomic E-state index is 11.9. The lowest BCUT2D eigenvalue weighted by Gasteiger charge is -2.27. The molecule has 0 bridgehead atoms. The third-order valence-electron chi connectivity index (χ3n) is 4.57. The number of hydrogen-bond acceptors (Lipinski definition) is 4. The molecule has 5 heteroatoms. The van der Waals surface area contributed by atoms with Crippen LogP contribution in [0, 0.1) is 0 Å². The Morgan fingerprint density at radius 1 is 1.19 bits per heavy atom. The normalized spacial score (nSPS) is 20.6. The van der Waals surface area contributed by atoms with Crippen LogP contribution < -0.4 is 0 Å². The molecule has 1 fully saturated rings. The summed E-state index contributed by atoms with van der Waals surface area (Å²) < 4.78 is 11.3. The Kier molecular flexibility index (Phi) is 8.29. The molecule has 27 heavy (non-hydrogen) atoms. The molecule has 2 rings (SSSR count). The number of ether oxygens (including phenoxy) is 2. The maximum atomic E-state index is 11.9. The second-order valence-corrected chi connectivity index (χ2v) is 8.25. The second kappa shape index (κ2) is 10.5. The van der Waals surface area contributed by atoms with E-state index in [1.54, 1.807) is 11.9 Å². The molecule has 5 nitrogen and oxygen atoms in total. The van der Waals surface area contributed by atoms with Crippen molar-refractivity contribution < 1.29 is 14.3 Å². The van der Waals surface area contributed by atoms with Crippen LogP contribution in [0.3, 0.4) is 0 Å². The van der Waals surface area contributed by atoms with E-state index in [1.165, 1.54) is 0 Å². The van der Waals surface area contributed by atoms with Gasteiger partial charge in [-0.25, -0.2) is 4.79 Å². The van der Waals surface area contributed by atoms with Crippen LogP contribution in [0.1, 0.15) is 58.4 Å². The number of benzene rings is 1. The van der Waals surface area contributed by atoms with E-state index in [-0.39, 0.29) is 6.09 Å². The van der Waals surface area contributed by atoms with Crippen molar-refractivity contribution in [2.24, 2.45) is 4.99 Å². The van der Waals surface area contributed by atoms with Crippen molar-refractivity contribution in [3.63, 3.8) is 0 Å². The third kappa shape index (κ3) is 8.57. The van der Waals surface area contributed by atoms with Gasteiger partial charge in [0.05, 0.1) is 12.1 Å². The van der Waals surface area contributed by atoms with Crippen LogP contribution in [-0.2, 0) is 9.47 Å². The second-order valence-electron chi connectivity index (χ2n) is 8.25. The summed E-state index contributed by atoms with van der Waals surface area (Å²) in [5, 5.41) is 0. The predicted octanol–water partition coefficient (Wildman–Crippen LogP) is 4.69. The van der Waals surface area contributed by atoms with E-state index in [9.17, 15) is 4.79 Å². The molecule has 0 aromatic heterocycles. The number of carbonyl (C=O) groups excluding carboxylic acids is 1. The smallest absolute Gasteiger partial charge is 0.410 e. The molecule has 1 amide bonds. The lowest BCUT2D eigenvalue weighted by Crippen LogP contribution is -2.35. The number of carbonyl (C=O) groups is 1. The zero-order chi connectivity index (χ0) is 19.7. The first-order chi connectivity index (χ1) is 12.8. The highest BCUT2D eigenvalue weighted by atomic mass is 16.6. The fourth-order valence-electron chi connectivity index (χ4n) is 3.07. The SMILES string of the molecule is CN(CCCO[C@H]1CC[C@H](/N=C/c2ccccc2)CC1)C(=O)OC(C)(C)C. The molecular weight excluding hydrogens is 340 g/mol. The van der Waals surface area contributed by atoms with Crippen LogP contribution in [0.4, 0.5) is 4.79 Å². The monoisotopic (exact) mass is 374 g/mol. The molecule has 0 aliphatic heterocycles. The van der Waals surface area contributed by atoms with Gasteiger partial charge in [0.15, 0.2) is 0 Å². The van der Waals surface area contributed by atoms with Gasteiger partial charge >= 0.3 is 6.09 Å². The first-order valence-electron chi connectivity index (χ1n) is 9.97.